The SMILES string of the molecule is CCCCCn1cc(C(=O)NC2CCCCC2)c2ccccc21. The molecule has 124 valence electrons. The number of rotatable bonds is 6. The van der Waals surface area contributed by atoms with Crippen LogP contribution in [-0.4, -0.2) is 16.5 Å². The lowest BCUT2D eigenvalue weighted by atomic mass is 9.95. The van der Waals surface area contributed by atoms with E-state index in [0.29, 0.717) is 6.04 Å². The number of hydrogen-bond acceptors (Lipinski definition) is 1. The first-order valence-corrected chi connectivity index (χ1v) is 9.18. The third kappa shape index (κ3) is 3.77. The number of aromatic nitrogens is 1. The first-order chi connectivity index (χ1) is 11.3. The van der Waals surface area contributed by atoms with Crippen LogP contribution in [0.5, 0.6) is 0 Å². The van der Waals surface area contributed by atoms with Gasteiger partial charge in [-0.05, 0) is 25.3 Å². The summed E-state index contributed by atoms with van der Waals surface area (Å²) in [6.45, 7) is 3.21. The van der Waals surface area contributed by atoms with E-state index in [1.807, 2.05) is 6.07 Å². The van der Waals surface area contributed by atoms with E-state index in [1.165, 1.54) is 44.0 Å². The summed E-state index contributed by atoms with van der Waals surface area (Å²) in [6, 6.07) is 8.64. The van der Waals surface area contributed by atoms with E-state index in [0.717, 1.165) is 30.3 Å². The molecule has 1 heterocycles. The van der Waals surface area contributed by atoms with E-state index in [1.54, 1.807) is 0 Å². The van der Waals surface area contributed by atoms with Crippen LogP contribution in [0.2, 0.25) is 0 Å². The molecule has 1 fully saturated rings. The molecule has 1 N–H and O–H groups in total. The molecule has 1 aromatic carbocycles. The van der Waals surface area contributed by atoms with Crippen LogP contribution in [0.4, 0.5) is 0 Å². The van der Waals surface area contributed by atoms with Gasteiger partial charge in [-0.15, -0.1) is 0 Å². The van der Waals surface area contributed by atoms with Gasteiger partial charge >= 0.3 is 0 Å². The number of hydrogen-bond donors (Lipinski definition) is 1. The average molecular weight is 312 g/mol. The molecule has 0 radical (unpaired) electrons. The summed E-state index contributed by atoms with van der Waals surface area (Å²) >= 11 is 0. The molecule has 1 aromatic heterocycles. The second-order valence-electron chi connectivity index (χ2n) is 6.77. The van der Waals surface area contributed by atoms with Gasteiger partial charge in [-0.1, -0.05) is 57.2 Å². The topological polar surface area (TPSA) is 34.0 Å². The fourth-order valence-corrected chi connectivity index (χ4v) is 3.65. The second-order valence-corrected chi connectivity index (χ2v) is 6.77. The number of amides is 1. The van der Waals surface area contributed by atoms with Gasteiger partial charge in [-0.3, -0.25) is 4.79 Å². The number of benzene rings is 1. The average Bonchev–Trinajstić information content (AvgIpc) is 2.95. The highest BCUT2D eigenvalue weighted by molar-refractivity contribution is 6.07. The molecule has 23 heavy (non-hydrogen) atoms. The lowest BCUT2D eigenvalue weighted by molar-refractivity contribution is 0.0929. The third-order valence-electron chi connectivity index (χ3n) is 4.98. The fourth-order valence-electron chi connectivity index (χ4n) is 3.65. The summed E-state index contributed by atoms with van der Waals surface area (Å²) in [6.07, 6.45) is 11.7. The summed E-state index contributed by atoms with van der Waals surface area (Å²) in [5.41, 5.74) is 2.01. The molecular formula is C20H28N2O. The summed E-state index contributed by atoms with van der Waals surface area (Å²) in [4.78, 5) is 12.7. The number of carbonyl (C=O) groups excluding carboxylic acids is 1. The number of carbonyl (C=O) groups is 1. The predicted molar refractivity (Wildman–Crippen MR) is 95.8 cm³/mol. The zero-order valence-corrected chi connectivity index (χ0v) is 14.2. The Morgan fingerprint density at radius 1 is 1.17 bits per heavy atom. The molecule has 0 bridgehead atoms. The van der Waals surface area contributed by atoms with E-state index in [9.17, 15) is 4.79 Å². The van der Waals surface area contributed by atoms with Crippen molar-refractivity contribution < 1.29 is 4.79 Å². The van der Waals surface area contributed by atoms with Crippen molar-refractivity contribution in [3.05, 3.63) is 36.0 Å². The minimum Gasteiger partial charge on any atom is -0.349 e. The van der Waals surface area contributed by atoms with Crippen LogP contribution in [-0.2, 0) is 6.54 Å². The molecular weight excluding hydrogens is 284 g/mol. The van der Waals surface area contributed by atoms with Crippen LogP contribution in [0.3, 0.4) is 0 Å². The Hall–Kier alpha value is -1.77. The zero-order valence-electron chi connectivity index (χ0n) is 14.2. The van der Waals surface area contributed by atoms with Gasteiger partial charge in [0.25, 0.3) is 5.91 Å². The molecule has 0 saturated heterocycles. The number of fused-ring (bicyclic) bond motifs is 1. The van der Waals surface area contributed by atoms with Gasteiger partial charge in [0.15, 0.2) is 0 Å². The smallest absolute Gasteiger partial charge is 0.253 e. The van der Waals surface area contributed by atoms with Crippen molar-refractivity contribution in [2.75, 3.05) is 0 Å². The van der Waals surface area contributed by atoms with Crippen LogP contribution >= 0.6 is 0 Å². The van der Waals surface area contributed by atoms with Crippen LogP contribution in [0.1, 0.15) is 68.6 Å². The Kier molecular flexibility index (Phi) is 5.37. The Morgan fingerprint density at radius 3 is 2.74 bits per heavy atom. The largest absolute Gasteiger partial charge is 0.349 e. The Bertz CT molecular complexity index is 653. The maximum absolute atomic E-state index is 12.7. The Labute approximate surface area is 139 Å². The van der Waals surface area contributed by atoms with Gasteiger partial charge in [0.05, 0.1) is 5.56 Å². The summed E-state index contributed by atoms with van der Waals surface area (Å²) in [5.74, 6) is 0.0994. The third-order valence-corrected chi connectivity index (χ3v) is 4.98. The monoisotopic (exact) mass is 312 g/mol. The summed E-state index contributed by atoms with van der Waals surface area (Å²) in [5, 5.41) is 4.34. The van der Waals surface area contributed by atoms with Crippen LogP contribution < -0.4 is 5.32 Å². The quantitative estimate of drug-likeness (QED) is 0.757. The molecule has 2 aromatic rings. The zero-order chi connectivity index (χ0) is 16.1. The van der Waals surface area contributed by atoms with Gasteiger partial charge in [0.1, 0.15) is 0 Å². The number of nitrogens with zero attached hydrogens (tertiary/aromatic N) is 1. The maximum Gasteiger partial charge on any atom is 0.253 e. The molecule has 3 nitrogen and oxygen atoms in total. The number of nitrogens with one attached hydrogen (secondary N) is 1. The highest BCUT2D eigenvalue weighted by atomic mass is 16.1. The normalized spacial score (nSPS) is 15.9. The highest BCUT2D eigenvalue weighted by Crippen LogP contribution is 2.23. The van der Waals surface area contributed by atoms with Gasteiger partial charge in [-0.2, -0.15) is 0 Å². The first-order valence-electron chi connectivity index (χ1n) is 9.18. The van der Waals surface area contributed by atoms with Crippen molar-refractivity contribution in [3.8, 4) is 0 Å². The molecule has 1 aliphatic rings. The van der Waals surface area contributed by atoms with E-state index in [2.05, 4.69) is 41.2 Å². The lowest BCUT2D eigenvalue weighted by Crippen LogP contribution is -2.36. The van der Waals surface area contributed by atoms with E-state index in [4.69, 9.17) is 0 Å². The van der Waals surface area contributed by atoms with Gasteiger partial charge in [0, 0.05) is 29.7 Å². The van der Waals surface area contributed by atoms with Crippen molar-refractivity contribution in [2.24, 2.45) is 0 Å². The van der Waals surface area contributed by atoms with Crippen LogP contribution in [0.25, 0.3) is 10.9 Å². The standard InChI is InChI=1S/C20H28N2O/c1-2-3-9-14-22-15-18(17-12-7-8-13-19(17)22)20(23)21-16-10-5-4-6-11-16/h7-8,12-13,15-16H,2-6,9-11,14H2,1H3,(H,21,23). The second kappa shape index (κ2) is 7.67. The van der Waals surface area contributed by atoms with E-state index in [-0.39, 0.29) is 5.91 Å². The van der Waals surface area contributed by atoms with Crippen molar-refractivity contribution >= 4 is 16.8 Å². The van der Waals surface area contributed by atoms with Crippen molar-refractivity contribution in [1.82, 2.24) is 9.88 Å². The van der Waals surface area contributed by atoms with Gasteiger partial charge < -0.3 is 9.88 Å². The van der Waals surface area contributed by atoms with Crippen molar-refractivity contribution in [1.29, 1.82) is 0 Å². The van der Waals surface area contributed by atoms with Gasteiger partial charge in [0.2, 0.25) is 0 Å². The van der Waals surface area contributed by atoms with E-state index >= 15 is 0 Å². The molecule has 3 rings (SSSR count). The molecule has 1 amide bonds. The van der Waals surface area contributed by atoms with Crippen LogP contribution in [0.15, 0.2) is 30.5 Å². The van der Waals surface area contributed by atoms with Crippen molar-refractivity contribution in [3.63, 3.8) is 0 Å². The molecule has 3 heteroatoms. The Morgan fingerprint density at radius 2 is 1.96 bits per heavy atom. The molecule has 0 spiro atoms. The molecule has 0 unspecified atom stereocenters. The number of aryl methyl sites for hydroxylation is 1. The summed E-state index contributed by atoms with van der Waals surface area (Å²) < 4.78 is 2.25. The maximum atomic E-state index is 12.7. The minimum atomic E-state index is 0.0994. The lowest BCUT2D eigenvalue weighted by Gasteiger charge is -2.22. The van der Waals surface area contributed by atoms with Crippen molar-refractivity contribution in [2.45, 2.75) is 70.9 Å². The first kappa shape index (κ1) is 16.1. The van der Waals surface area contributed by atoms with Crippen LogP contribution in [0, 0.1) is 0 Å². The molecule has 0 aliphatic heterocycles. The fraction of sp³-hybridized carbons (Fsp3) is 0.550. The number of para-hydroxylation sites is 1. The predicted octanol–water partition coefficient (Wildman–Crippen LogP) is 4.89. The molecule has 1 saturated carbocycles. The highest BCUT2D eigenvalue weighted by Gasteiger charge is 2.19. The Balaban J connectivity index is 1.80. The minimum absolute atomic E-state index is 0.0994. The van der Waals surface area contributed by atoms with Gasteiger partial charge in [-0.25, -0.2) is 0 Å². The van der Waals surface area contributed by atoms with E-state index < -0.39 is 0 Å². The molecule has 0 atom stereocenters. The number of unbranched alkanes of at least 4 members (excludes halogenated alkanes) is 2. The molecule has 1 aliphatic carbocycles. The summed E-state index contributed by atoms with van der Waals surface area (Å²) in [7, 11) is 0.